The van der Waals surface area contributed by atoms with Crippen molar-refractivity contribution < 1.29 is 25.0 Å². The molecule has 2 aromatic heterocycles. The van der Waals surface area contributed by atoms with Crippen molar-refractivity contribution in [3.63, 3.8) is 0 Å². The molecule has 1 aromatic carbocycles. The largest absolute Gasteiger partial charge is 0.394 e. The van der Waals surface area contributed by atoms with Gasteiger partial charge in [0.15, 0.2) is 17.7 Å². The maximum atomic E-state index is 10.7. The number of fused-ring (bicyclic) bond motifs is 1. The molecule has 6 N–H and O–H groups in total. The number of hydrogen-bond acceptors (Lipinski definition) is 12. The van der Waals surface area contributed by atoms with E-state index in [4.69, 9.17) is 10.5 Å². The summed E-state index contributed by atoms with van der Waals surface area (Å²) in [6.07, 6.45) is -1.85. The van der Waals surface area contributed by atoms with Crippen molar-refractivity contribution in [3.05, 3.63) is 46.3 Å². The van der Waals surface area contributed by atoms with Crippen LogP contribution in [0.25, 0.3) is 11.2 Å². The molecule has 1 aliphatic heterocycles. The van der Waals surface area contributed by atoms with Gasteiger partial charge < -0.3 is 25.8 Å². The Labute approximate surface area is 173 Å². The lowest BCUT2D eigenvalue weighted by atomic mass is 10.1. The standard InChI is InChI=1S/C17H18N8O6/c18-14-11-15(24(7-19-11)16-13(28)12(27)10(6-26)31-16)22-17(21-14)23-20-5-8-1-3-9(4-2-8)25(29)30/h1-5,7,10,12-13,16,26-28H,6H2,(H3,18,21,22,23)/b20-5+/t10-,12-,13-,16-/m1/s1. The minimum absolute atomic E-state index is 0.0247. The van der Waals surface area contributed by atoms with Gasteiger partial charge in [-0.1, -0.05) is 0 Å². The van der Waals surface area contributed by atoms with E-state index in [2.05, 4.69) is 25.5 Å². The number of benzene rings is 1. The van der Waals surface area contributed by atoms with Crippen molar-refractivity contribution >= 4 is 34.8 Å². The van der Waals surface area contributed by atoms with Crippen LogP contribution in [0.5, 0.6) is 0 Å². The number of rotatable bonds is 6. The number of aliphatic hydroxyl groups excluding tert-OH is 3. The maximum Gasteiger partial charge on any atom is 0.269 e. The summed E-state index contributed by atoms with van der Waals surface area (Å²) in [7, 11) is 0. The first-order chi connectivity index (χ1) is 14.9. The molecule has 0 spiro atoms. The van der Waals surface area contributed by atoms with Crippen LogP contribution in [0.1, 0.15) is 11.8 Å². The van der Waals surface area contributed by atoms with E-state index in [-0.39, 0.29) is 28.6 Å². The fourth-order valence-electron chi connectivity index (χ4n) is 3.13. The lowest BCUT2D eigenvalue weighted by Gasteiger charge is -2.16. The molecule has 162 valence electrons. The third kappa shape index (κ3) is 3.87. The minimum atomic E-state index is -1.32. The molecule has 1 fully saturated rings. The van der Waals surface area contributed by atoms with E-state index in [1.54, 1.807) is 0 Å². The summed E-state index contributed by atoms with van der Waals surface area (Å²) in [5, 5.41) is 44.2. The molecule has 4 atom stereocenters. The highest BCUT2D eigenvalue weighted by Gasteiger charge is 2.44. The molecule has 4 rings (SSSR count). The predicted octanol–water partition coefficient (Wildman–Crippen LogP) is -0.626. The van der Waals surface area contributed by atoms with Crippen molar-refractivity contribution in [2.24, 2.45) is 5.10 Å². The van der Waals surface area contributed by atoms with Gasteiger partial charge in [0.05, 0.1) is 24.1 Å². The first-order valence-corrected chi connectivity index (χ1v) is 9.05. The summed E-state index contributed by atoms with van der Waals surface area (Å²) in [4.78, 5) is 22.7. The molecule has 0 saturated carbocycles. The predicted molar refractivity (Wildman–Crippen MR) is 107 cm³/mol. The Hall–Kier alpha value is -3.72. The Balaban J connectivity index is 1.57. The van der Waals surface area contributed by atoms with Crippen LogP contribution >= 0.6 is 0 Å². The summed E-state index contributed by atoms with van der Waals surface area (Å²) >= 11 is 0. The van der Waals surface area contributed by atoms with Crippen molar-refractivity contribution in [2.45, 2.75) is 24.5 Å². The number of ether oxygens (including phenoxy) is 1. The maximum absolute atomic E-state index is 10.7. The van der Waals surface area contributed by atoms with E-state index in [0.29, 0.717) is 5.56 Å². The van der Waals surface area contributed by atoms with Crippen LogP contribution in [0.15, 0.2) is 35.7 Å². The van der Waals surface area contributed by atoms with Crippen LogP contribution < -0.4 is 11.2 Å². The normalized spacial score (nSPS) is 23.6. The highest BCUT2D eigenvalue weighted by atomic mass is 16.6. The topological polar surface area (TPSA) is 207 Å². The van der Waals surface area contributed by atoms with Crippen LogP contribution in [0.3, 0.4) is 0 Å². The van der Waals surface area contributed by atoms with E-state index < -0.39 is 36.1 Å². The number of imidazole rings is 1. The summed E-state index contributed by atoms with van der Waals surface area (Å²) in [5.74, 6) is 0.0696. The molecule has 1 saturated heterocycles. The zero-order valence-electron chi connectivity index (χ0n) is 15.8. The van der Waals surface area contributed by atoms with Crippen molar-refractivity contribution in [3.8, 4) is 0 Å². The van der Waals surface area contributed by atoms with Gasteiger partial charge in [-0.05, 0) is 17.7 Å². The Kier molecular flexibility index (Phi) is 5.43. The van der Waals surface area contributed by atoms with E-state index in [1.807, 2.05) is 0 Å². The van der Waals surface area contributed by atoms with Gasteiger partial charge in [-0.3, -0.25) is 14.7 Å². The molecule has 3 aromatic rings. The van der Waals surface area contributed by atoms with Crippen LogP contribution in [0.2, 0.25) is 0 Å². The SMILES string of the molecule is Nc1nc(N/N=C/c2ccc([N+](=O)[O-])cc2)nc2c1ncn2[C@@H]1O[C@H](CO)[C@@H](O)[C@H]1O. The number of hydrazone groups is 1. The van der Waals surface area contributed by atoms with Crippen molar-refractivity contribution in [1.29, 1.82) is 0 Å². The van der Waals surface area contributed by atoms with E-state index in [1.165, 1.54) is 41.4 Å². The molecule has 3 heterocycles. The third-order valence-corrected chi connectivity index (χ3v) is 4.72. The fourth-order valence-corrected chi connectivity index (χ4v) is 3.13. The van der Waals surface area contributed by atoms with Gasteiger partial charge in [-0.25, -0.2) is 10.4 Å². The first kappa shape index (κ1) is 20.5. The van der Waals surface area contributed by atoms with Crippen molar-refractivity contribution in [1.82, 2.24) is 19.5 Å². The van der Waals surface area contributed by atoms with Gasteiger partial charge in [-0.2, -0.15) is 15.1 Å². The molecular weight excluding hydrogens is 412 g/mol. The number of aliphatic hydroxyl groups is 3. The number of aromatic nitrogens is 4. The Morgan fingerprint density at radius 3 is 2.68 bits per heavy atom. The molecule has 0 unspecified atom stereocenters. The molecule has 0 aliphatic carbocycles. The van der Waals surface area contributed by atoms with Crippen LogP contribution in [-0.4, -0.2) is 70.9 Å². The molecule has 0 bridgehead atoms. The third-order valence-electron chi connectivity index (χ3n) is 4.72. The molecule has 14 nitrogen and oxygen atoms in total. The number of anilines is 2. The second-order valence-corrected chi connectivity index (χ2v) is 6.70. The summed E-state index contributed by atoms with van der Waals surface area (Å²) in [5.41, 5.74) is 9.58. The van der Waals surface area contributed by atoms with Gasteiger partial charge in [0, 0.05) is 12.1 Å². The molecule has 0 radical (unpaired) electrons. The molecule has 14 heteroatoms. The summed E-state index contributed by atoms with van der Waals surface area (Å²) in [6, 6.07) is 5.75. The van der Waals surface area contributed by atoms with Gasteiger partial charge in [0.25, 0.3) is 5.69 Å². The lowest BCUT2D eigenvalue weighted by Crippen LogP contribution is -2.33. The monoisotopic (exact) mass is 430 g/mol. The smallest absolute Gasteiger partial charge is 0.269 e. The zero-order valence-corrected chi connectivity index (χ0v) is 15.8. The summed E-state index contributed by atoms with van der Waals surface area (Å²) < 4.78 is 6.88. The van der Waals surface area contributed by atoms with Crippen LogP contribution in [0, 0.1) is 10.1 Å². The molecule has 31 heavy (non-hydrogen) atoms. The fraction of sp³-hybridized carbons (Fsp3) is 0.294. The zero-order chi connectivity index (χ0) is 22.1. The number of nitrogens with one attached hydrogen (secondary N) is 1. The average Bonchev–Trinajstić information content (AvgIpc) is 3.30. The number of nitrogens with zero attached hydrogens (tertiary/aromatic N) is 6. The number of nitrogen functional groups attached to an aromatic ring is 1. The number of non-ortho nitro benzene ring substituents is 1. The Morgan fingerprint density at radius 1 is 1.29 bits per heavy atom. The highest BCUT2D eigenvalue weighted by Crippen LogP contribution is 2.32. The van der Waals surface area contributed by atoms with Crippen molar-refractivity contribution in [2.75, 3.05) is 17.8 Å². The van der Waals surface area contributed by atoms with Gasteiger partial charge in [-0.15, -0.1) is 0 Å². The number of nitrogens with two attached hydrogens (primary N) is 1. The second-order valence-electron chi connectivity index (χ2n) is 6.70. The lowest BCUT2D eigenvalue weighted by molar-refractivity contribution is -0.384. The molecular formula is C17H18N8O6. The number of nitro benzene ring substituents is 1. The van der Waals surface area contributed by atoms with E-state index in [9.17, 15) is 25.4 Å². The number of hydrogen-bond donors (Lipinski definition) is 5. The van der Waals surface area contributed by atoms with E-state index in [0.717, 1.165) is 0 Å². The average molecular weight is 430 g/mol. The van der Waals surface area contributed by atoms with Gasteiger partial charge >= 0.3 is 0 Å². The number of nitro groups is 1. The Bertz CT molecular complexity index is 1130. The van der Waals surface area contributed by atoms with Crippen LogP contribution in [0.4, 0.5) is 17.5 Å². The quantitative estimate of drug-likeness (QED) is 0.189. The highest BCUT2D eigenvalue weighted by molar-refractivity contribution is 5.83. The van der Waals surface area contributed by atoms with Gasteiger partial charge in [0.2, 0.25) is 5.95 Å². The Morgan fingerprint density at radius 2 is 2.03 bits per heavy atom. The van der Waals surface area contributed by atoms with Crippen LogP contribution in [-0.2, 0) is 4.74 Å². The second kappa shape index (κ2) is 8.19. The van der Waals surface area contributed by atoms with E-state index >= 15 is 0 Å². The van der Waals surface area contributed by atoms with Gasteiger partial charge in [0.1, 0.15) is 23.8 Å². The minimum Gasteiger partial charge on any atom is -0.394 e. The first-order valence-electron chi connectivity index (χ1n) is 9.05. The molecule has 1 aliphatic rings. The summed E-state index contributed by atoms with van der Waals surface area (Å²) in [6.45, 7) is -0.470. The molecule has 0 amide bonds.